The third-order valence-corrected chi connectivity index (χ3v) is 5.88. The molecule has 0 aromatic heterocycles. The number of ether oxygens (including phenoxy) is 1. The molecule has 0 unspecified atom stereocenters. The molecule has 2 aromatic carbocycles. The smallest absolute Gasteiger partial charge is 0.195 e. The van der Waals surface area contributed by atoms with Gasteiger partial charge in [-0.05, 0) is 56.7 Å². The van der Waals surface area contributed by atoms with E-state index in [-0.39, 0.29) is 35.8 Å². The second kappa shape index (κ2) is 14.6. The van der Waals surface area contributed by atoms with Crippen molar-refractivity contribution in [3.05, 3.63) is 54.6 Å². The maximum absolute atomic E-state index is 11.3. The molecular weight excluding hydrogens is 545 g/mol. The van der Waals surface area contributed by atoms with Crippen LogP contribution in [0.2, 0.25) is 0 Å². The van der Waals surface area contributed by atoms with Crippen LogP contribution in [-0.4, -0.2) is 51.3 Å². The van der Waals surface area contributed by atoms with Crippen molar-refractivity contribution in [2.24, 2.45) is 4.99 Å². The molecule has 0 aliphatic carbocycles. The van der Waals surface area contributed by atoms with Gasteiger partial charge in [-0.3, -0.25) is 4.99 Å². The van der Waals surface area contributed by atoms with E-state index in [0.717, 1.165) is 23.7 Å². The van der Waals surface area contributed by atoms with E-state index in [4.69, 9.17) is 4.74 Å². The zero-order chi connectivity index (χ0) is 21.8. The third-order valence-electron chi connectivity index (χ3n) is 3.84. The molecule has 0 heterocycles. The van der Waals surface area contributed by atoms with Gasteiger partial charge in [0.25, 0.3) is 0 Å². The van der Waals surface area contributed by atoms with E-state index in [2.05, 4.69) is 27.8 Å². The highest BCUT2D eigenvalue weighted by molar-refractivity contribution is 14.0. The van der Waals surface area contributed by atoms with Gasteiger partial charge in [-0.25, -0.2) is 8.42 Å². The molecule has 172 valence electrons. The first-order valence-electron chi connectivity index (χ1n) is 9.99. The fourth-order valence-corrected chi connectivity index (χ4v) is 3.98. The van der Waals surface area contributed by atoms with Crippen LogP contribution in [0.1, 0.15) is 20.3 Å². The van der Waals surface area contributed by atoms with Gasteiger partial charge in [0, 0.05) is 35.7 Å². The number of sulfone groups is 1. The van der Waals surface area contributed by atoms with Crippen molar-refractivity contribution < 1.29 is 13.2 Å². The van der Waals surface area contributed by atoms with Crippen molar-refractivity contribution in [2.75, 3.05) is 36.2 Å². The van der Waals surface area contributed by atoms with Gasteiger partial charge in [-0.1, -0.05) is 18.2 Å². The molecule has 0 aliphatic rings. The number of nitrogens with zero attached hydrogens (tertiary/aromatic N) is 1. The maximum atomic E-state index is 11.3. The number of thioether (sulfide) groups is 1. The van der Waals surface area contributed by atoms with Gasteiger partial charge in [0.2, 0.25) is 0 Å². The van der Waals surface area contributed by atoms with Crippen LogP contribution in [0.25, 0.3) is 0 Å². The summed E-state index contributed by atoms with van der Waals surface area (Å²) >= 11 is 1.77. The summed E-state index contributed by atoms with van der Waals surface area (Å²) in [5, 5.41) is 6.60. The number of halogens is 1. The molecule has 0 radical (unpaired) electrons. The van der Waals surface area contributed by atoms with Gasteiger partial charge in [-0.15, -0.1) is 35.7 Å². The van der Waals surface area contributed by atoms with Crippen LogP contribution in [0.3, 0.4) is 0 Å². The highest BCUT2D eigenvalue weighted by Gasteiger charge is 2.04. The predicted molar refractivity (Wildman–Crippen MR) is 143 cm³/mol. The summed E-state index contributed by atoms with van der Waals surface area (Å²) < 4.78 is 28.3. The first kappa shape index (κ1) is 27.6. The van der Waals surface area contributed by atoms with Crippen LogP contribution in [0.15, 0.2) is 64.5 Å². The molecule has 31 heavy (non-hydrogen) atoms. The highest BCUT2D eigenvalue weighted by atomic mass is 127. The van der Waals surface area contributed by atoms with Gasteiger partial charge in [0.05, 0.1) is 11.9 Å². The van der Waals surface area contributed by atoms with Gasteiger partial charge < -0.3 is 15.4 Å². The van der Waals surface area contributed by atoms with Crippen molar-refractivity contribution in [3.8, 4) is 5.75 Å². The number of aliphatic imine (C=N–C) groups is 1. The Morgan fingerprint density at radius 2 is 1.77 bits per heavy atom. The number of anilines is 1. The lowest BCUT2D eigenvalue weighted by Gasteiger charge is -2.14. The lowest BCUT2D eigenvalue weighted by atomic mass is 10.3. The van der Waals surface area contributed by atoms with E-state index in [9.17, 15) is 8.42 Å². The minimum absolute atomic E-state index is 0. The molecule has 6 nitrogen and oxygen atoms in total. The lowest BCUT2D eigenvalue weighted by molar-refractivity contribution is 0.242. The Kier molecular flexibility index (Phi) is 13.0. The largest absolute Gasteiger partial charge is 0.491 e. The normalized spacial score (nSPS) is 11.7. The standard InChI is InChI=1S/C22H31N3O3S2.HI/c1-18(2)28-20-12-10-19(11-13-20)25-22(23-14-7-17-30(3,26)27)24-15-16-29-21-8-5-4-6-9-21;/h4-6,8-13,18H,7,14-17H2,1-3H3,(H2,23,24,25);1H. The second-order valence-corrected chi connectivity index (χ2v) is 10.5. The fraction of sp³-hybridized carbons (Fsp3) is 0.409. The molecule has 9 heteroatoms. The number of hydrogen-bond acceptors (Lipinski definition) is 5. The zero-order valence-corrected chi connectivity index (χ0v) is 22.2. The minimum atomic E-state index is -2.97. The molecule has 0 saturated carbocycles. The van der Waals surface area contributed by atoms with E-state index in [1.54, 1.807) is 11.8 Å². The molecule has 0 amide bonds. The summed E-state index contributed by atoms with van der Waals surface area (Å²) in [6, 6.07) is 17.9. The number of guanidine groups is 1. The Hall–Kier alpha value is -1.46. The Bertz CT molecular complexity index is 890. The Morgan fingerprint density at radius 1 is 1.10 bits per heavy atom. The van der Waals surface area contributed by atoms with Crippen molar-refractivity contribution in [2.45, 2.75) is 31.3 Å². The first-order chi connectivity index (χ1) is 14.3. The Balaban J connectivity index is 0.00000480. The van der Waals surface area contributed by atoms with Crippen molar-refractivity contribution in [3.63, 3.8) is 0 Å². The molecule has 0 aliphatic heterocycles. The average Bonchev–Trinajstić information content (AvgIpc) is 2.69. The summed E-state index contributed by atoms with van der Waals surface area (Å²) in [5.74, 6) is 2.47. The highest BCUT2D eigenvalue weighted by Crippen LogP contribution is 2.17. The van der Waals surface area contributed by atoms with Crippen LogP contribution in [0, 0.1) is 0 Å². The lowest BCUT2D eigenvalue weighted by Crippen LogP contribution is -2.32. The number of benzene rings is 2. The number of nitrogens with one attached hydrogen (secondary N) is 2. The number of hydrogen-bond donors (Lipinski definition) is 2. The quantitative estimate of drug-likeness (QED) is 0.133. The van der Waals surface area contributed by atoms with Gasteiger partial charge >= 0.3 is 0 Å². The Morgan fingerprint density at radius 3 is 2.39 bits per heavy atom. The monoisotopic (exact) mass is 577 g/mol. The molecule has 2 rings (SSSR count). The predicted octanol–water partition coefficient (Wildman–Crippen LogP) is 4.68. The van der Waals surface area contributed by atoms with Crippen LogP contribution in [0.5, 0.6) is 5.75 Å². The second-order valence-electron chi connectivity index (χ2n) is 7.12. The molecule has 0 atom stereocenters. The van der Waals surface area contributed by atoms with Crippen LogP contribution in [0.4, 0.5) is 5.69 Å². The first-order valence-corrected chi connectivity index (χ1v) is 13.0. The van der Waals surface area contributed by atoms with E-state index in [1.165, 1.54) is 11.2 Å². The van der Waals surface area contributed by atoms with E-state index < -0.39 is 9.84 Å². The van der Waals surface area contributed by atoms with Gasteiger partial charge in [0.15, 0.2) is 5.96 Å². The van der Waals surface area contributed by atoms with Crippen LogP contribution >= 0.6 is 35.7 Å². The Labute approximate surface area is 207 Å². The van der Waals surface area contributed by atoms with Crippen LogP contribution in [-0.2, 0) is 9.84 Å². The average molecular weight is 578 g/mol. The number of rotatable bonds is 11. The summed E-state index contributed by atoms with van der Waals surface area (Å²) in [7, 11) is -2.97. The molecule has 0 bridgehead atoms. The molecule has 0 spiro atoms. The maximum Gasteiger partial charge on any atom is 0.195 e. The molecule has 0 fully saturated rings. The SMILES string of the molecule is CC(C)Oc1ccc(NC(=NCCCS(C)(=O)=O)NCCSc2ccccc2)cc1.I. The molecule has 0 saturated heterocycles. The van der Waals surface area contributed by atoms with Crippen LogP contribution < -0.4 is 15.4 Å². The van der Waals surface area contributed by atoms with Crippen molar-refractivity contribution >= 4 is 57.2 Å². The summed E-state index contributed by atoms with van der Waals surface area (Å²) in [5.41, 5.74) is 0.885. The van der Waals surface area contributed by atoms with Crippen molar-refractivity contribution in [1.82, 2.24) is 5.32 Å². The van der Waals surface area contributed by atoms with Gasteiger partial charge in [-0.2, -0.15) is 0 Å². The summed E-state index contributed by atoms with van der Waals surface area (Å²) in [6.45, 7) is 5.14. The topological polar surface area (TPSA) is 79.8 Å². The summed E-state index contributed by atoms with van der Waals surface area (Å²) in [6.07, 6.45) is 1.86. The molecular formula is C22H32IN3O3S2. The van der Waals surface area contributed by atoms with E-state index >= 15 is 0 Å². The summed E-state index contributed by atoms with van der Waals surface area (Å²) in [4.78, 5) is 5.75. The third kappa shape index (κ3) is 12.9. The van der Waals surface area contributed by atoms with Gasteiger partial charge in [0.1, 0.15) is 15.6 Å². The zero-order valence-electron chi connectivity index (χ0n) is 18.2. The van der Waals surface area contributed by atoms with E-state index in [1.807, 2.05) is 56.3 Å². The van der Waals surface area contributed by atoms with E-state index in [0.29, 0.717) is 18.9 Å². The molecule has 2 aromatic rings. The van der Waals surface area contributed by atoms with Crippen molar-refractivity contribution in [1.29, 1.82) is 0 Å². The minimum Gasteiger partial charge on any atom is -0.491 e. The molecule has 2 N–H and O–H groups in total. The fourth-order valence-electron chi connectivity index (χ4n) is 2.54.